The van der Waals surface area contributed by atoms with Gasteiger partial charge >= 0.3 is 6.16 Å². The fraction of sp³-hybridized carbons (Fsp3) is 0.231. The summed E-state index contributed by atoms with van der Waals surface area (Å²) < 4.78 is 9.22. The fourth-order valence-electron chi connectivity index (χ4n) is 1.87. The zero-order valence-electron chi connectivity index (χ0n) is 11.0. The van der Waals surface area contributed by atoms with Crippen molar-refractivity contribution in [1.29, 1.82) is 0 Å². The van der Waals surface area contributed by atoms with E-state index in [-0.39, 0.29) is 24.0 Å². The van der Waals surface area contributed by atoms with Gasteiger partial charge < -0.3 is 24.9 Å². The van der Waals surface area contributed by atoms with E-state index in [1.54, 1.807) is 7.05 Å². The van der Waals surface area contributed by atoms with Crippen LogP contribution in [-0.4, -0.2) is 42.7 Å². The van der Waals surface area contributed by atoms with Gasteiger partial charge in [0.15, 0.2) is 5.78 Å². The maximum atomic E-state index is 12.0. The molecule has 0 aliphatic heterocycles. The van der Waals surface area contributed by atoms with E-state index in [1.807, 2.05) is 0 Å². The van der Waals surface area contributed by atoms with Crippen LogP contribution in [0.1, 0.15) is 10.4 Å². The first-order chi connectivity index (χ1) is 9.56. The number of ether oxygens (including phenoxy) is 2. The Bertz CT molecular complexity index is 662. The van der Waals surface area contributed by atoms with Crippen LogP contribution in [0.25, 0.3) is 10.9 Å². The van der Waals surface area contributed by atoms with Crippen molar-refractivity contribution < 1.29 is 24.2 Å². The van der Waals surface area contributed by atoms with E-state index in [0.29, 0.717) is 16.5 Å². The molecule has 2 rings (SSSR count). The number of nitrogens with one attached hydrogen (secondary N) is 2. The lowest BCUT2D eigenvalue weighted by molar-refractivity contribution is 0.0995. The molecule has 3 N–H and O–H groups in total. The van der Waals surface area contributed by atoms with Gasteiger partial charge in [-0.25, -0.2) is 4.79 Å². The minimum Gasteiger partial charge on any atom is -0.506 e. The van der Waals surface area contributed by atoms with E-state index >= 15 is 0 Å². The number of methoxy groups -OCH3 is 1. The first kappa shape index (κ1) is 13.9. The van der Waals surface area contributed by atoms with Gasteiger partial charge in [-0.1, -0.05) is 0 Å². The van der Waals surface area contributed by atoms with Crippen molar-refractivity contribution in [1.82, 2.24) is 10.3 Å². The Kier molecular flexibility index (Phi) is 3.90. The number of carbonyl (C=O) groups is 2. The Labute approximate surface area is 114 Å². The number of hydrogen-bond acceptors (Lipinski definition) is 6. The van der Waals surface area contributed by atoms with E-state index in [0.717, 1.165) is 0 Å². The number of likely N-dealkylation sites (N-methyl/N-ethyl adjacent to an activating group) is 1. The van der Waals surface area contributed by atoms with Gasteiger partial charge in [0.25, 0.3) is 0 Å². The van der Waals surface area contributed by atoms with Crippen LogP contribution in [-0.2, 0) is 4.74 Å². The first-order valence-corrected chi connectivity index (χ1v) is 5.85. The summed E-state index contributed by atoms with van der Waals surface area (Å²) in [7, 11) is 2.85. The van der Waals surface area contributed by atoms with Crippen LogP contribution < -0.4 is 10.1 Å². The molecule has 0 unspecified atom stereocenters. The smallest absolute Gasteiger partial charge is 0.506 e. The number of H-pyrrole nitrogens is 1. The number of phenols is 1. The maximum absolute atomic E-state index is 12.0. The summed E-state index contributed by atoms with van der Waals surface area (Å²) in [6.07, 6.45) is -0.890. The zero-order chi connectivity index (χ0) is 14.7. The number of ketones is 1. The van der Waals surface area contributed by atoms with E-state index in [9.17, 15) is 14.7 Å². The Balaban J connectivity index is 2.48. The molecule has 20 heavy (non-hydrogen) atoms. The topological polar surface area (TPSA) is 101 Å². The molecule has 2 aromatic rings. The van der Waals surface area contributed by atoms with Crippen molar-refractivity contribution in [3.05, 3.63) is 23.8 Å². The predicted octanol–water partition coefficient (Wildman–Crippen LogP) is 1.42. The van der Waals surface area contributed by atoms with Crippen LogP contribution in [0.5, 0.6) is 11.6 Å². The molecular formula is C13H14N2O5. The third-order valence-corrected chi connectivity index (χ3v) is 2.74. The van der Waals surface area contributed by atoms with Crippen LogP contribution in [0, 0.1) is 0 Å². The molecule has 0 radical (unpaired) electrons. The van der Waals surface area contributed by atoms with E-state index in [2.05, 4.69) is 15.0 Å². The number of aromatic nitrogens is 1. The van der Waals surface area contributed by atoms with Crippen LogP contribution in [0.15, 0.2) is 18.2 Å². The summed E-state index contributed by atoms with van der Waals surface area (Å²) in [5, 5.41) is 13.0. The number of Topliss-reactive ketones (excluding diaryl/α,β-unsaturated/α-hetero) is 1. The van der Waals surface area contributed by atoms with Gasteiger partial charge in [0, 0.05) is 17.0 Å². The van der Waals surface area contributed by atoms with Crippen molar-refractivity contribution in [3.63, 3.8) is 0 Å². The van der Waals surface area contributed by atoms with E-state index in [1.165, 1.54) is 25.3 Å². The van der Waals surface area contributed by atoms with Gasteiger partial charge in [-0.2, -0.15) is 0 Å². The molecular weight excluding hydrogens is 264 g/mol. The number of aromatic hydroxyl groups is 1. The number of rotatable bonds is 4. The molecule has 0 aliphatic rings. The minimum atomic E-state index is -0.890. The van der Waals surface area contributed by atoms with Crippen molar-refractivity contribution in [2.24, 2.45) is 0 Å². The highest BCUT2D eigenvalue weighted by molar-refractivity contribution is 6.10. The summed E-state index contributed by atoms with van der Waals surface area (Å²) in [5.41, 5.74) is 0.744. The highest BCUT2D eigenvalue weighted by Gasteiger charge is 2.16. The molecule has 1 heterocycles. The molecule has 0 atom stereocenters. The molecule has 0 fully saturated rings. The van der Waals surface area contributed by atoms with E-state index in [4.69, 9.17) is 4.74 Å². The normalized spacial score (nSPS) is 10.5. The van der Waals surface area contributed by atoms with Gasteiger partial charge in [0.05, 0.1) is 19.2 Å². The zero-order valence-corrected chi connectivity index (χ0v) is 11.0. The lowest BCUT2D eigenvalue weighted by Crippen LogP contribution is -2.18. The van der Waals surface area contributed by atoms with E-state index < -0.39 is 6.16 Å². The number of fused-ring (bicyclic) bond motifs is 1. The highest BCUT2D eigenvalue weighted by atomic mass is 16.7. The largest absolute Gasteiger partial charge is 0.514 e. The summed E-state index contributed by atoms with van der Waals surface area (Å²) >= 11 is 0. The van der Waals surface area contributed by atoms with Crippen molar-refractivity contribution in [3.8, 4) is 11.6 Å². The average molecular weight is 278 g/mol. The Morgan fingerprint density at radius 1 is 1.40 bits per heavy atom. The van der Waals surface area contributed by atoms with Crippen molar-refractivity contribution in [2.45, 2.75) is 0 Å². The summed E-state index contributed by atoms with van der Waals surface area (Å²) in [6, 6.07) is 4.39. The predicted molar refractivity (Wildman–Crippen MR) is 71.3 cm³/mol. The van der Waals surface area contributed by atoms with Crippen LogP contribution in [0.3, 0.4) is 0 Å². The highest BCUT2D eigenvalue weighted by Crippen LogP contribution is 2.31. The molecule has 1 aromatic carbocycles. The van der Waals surface area contributed by atoms with Gasteiger partial charge in [-0.15, -0.1) is 0 Å². The third kappa shape index (κ3) is 2.57. The number of aromatic amines is 1. The first-order valence-electron chi connectivity index (χ1n) is 5.85. The van der Waals surface area contributed by atoms with Crippen molar-refractivity contribution >= 4 is 22.8 Å². The monoisotopic (exact) mass is 278 g/mol. The van der Waals surface area contributed by atoms with Gasteiger partial charge in [0.2, 0.25) is 5.88 Å². The molecule has 0 aliphatic carbocycles. The third-order valence-electron chi connectivity index (χ3n) is 2.74. The Morgan fingerprint density at radius 3 is 2.80 bits per heavy atom. The average Bonchev–Trinajstić information content (AvgIpc) is 2.83. The second-order valence-electron chi connectivity index (χ2n) is 4.06. The summed E-state index contributed by atoms with van der Waals surface area (Å²) in [4.78, 5) is 25.7. The molecule has 0 spiro atoms. The van der Waals surface area contributed by atoms with Crippen LogP contribution in [0.2, 0.25) is 0 Å². The minimum absolute atomic E-state index is 0.0410. The lowest BCUT2D eigenvalue weighted by atomic mass is 10.1. The maximum Gasteiger partial charge on any atom is 0.514 e. The number of hydrogen-bond donors (Lipinski definition) is 3. The van der Waals surface area contributed by atoms with Gasteiger partial charge in [0.1, 0.15) is 5.75 Å². The molecule has 0 saturated carbocycles. The standard InChI is InChI=1S/C13H14N2O5/c1-14-6-10(17)7-3-4-9(16)12-8(7)5-11(15-12)20-13(18)19-2/h3-5,14-16H,6H2,1-2H3. The lowest BCUT2D eigenvalue weighted by Gasteiger charge is -2.03. The Morgan fingerprint density at radius 2 is 2.15 bits per heavy atom. The summed E-state index contributed by atoms with van der Waals surface area (Å²) in [5.74, 6) is -0.0892. The molecule has 0 saturated heterocycles. The second-order valence-corrected chi connectivity index (χ2v) is 4.06. The number of benzene rings is 1. The fourth-order valence-corrected chi connectivity index (χ4v) is 1.87. The van der Waals surface area contributed by atoms with Crippen LogP contribution >= 0.6 is 0 Å². The molecule has 1 aromatic heterocycles. The summed E-state index contributed by atoms with van der Waals surface area (Å²) in [6.45, 7) is 0.165. The quantitative estimate of drug-likeness (QED) is 0.577. The molecule has 7 heteroatoms. The van der Waals surface area contributed by atoms with Crippen LogP contribution in [0.4, 0.5) is 4.79 Å². The van der Waals surface area contributed by atoms with Gasteiger partial charge in [-0.05, 0) is 19.2 Å². The van der Waals surface area contributed by atoms with Crippen molar-refractivity contribution in [2.75, 3.05) is 20.7 Å². The number of carbonyl (C=O) groups excluding carboxylic acids is 2. The molecule has 7 nitrogen and oxygen atoms in total. The molecule has 0 amide bonds. The van der Waals surface area contributed by atoms with Gasteiger partial charge in [-0.3, -0.25) is 4.79 Å². The number of phenolic OH excluding ortho intramolecular Hbond substituents is 1. The second kappa shape index (κ2) is 5.62. The SMILES string of the molecule is CNCC(=O)c1ccc(O)c2[nH]c(OC(=O)OC)cc12. The molecule has 0 bridgehead atoms. The Hall–Kier alpha value is -2.54. The molecule has 106 valence electrons.